The fraction of sp³-hybridized carbons (Fsp3) is 0.435. The van der Waals surface area contributed by atoms with E-state index in [-0.39, 0.29) is 5.56 Å². The summed E-state index contributed by atoms with van der Waals surface area (Å²) < 4.78 is 8.92. The summed E-state index contributed by atoms with van der Waals surface area (Å²) in [6.07, 6.45) is 10.5. The van der Waals surface area contributed by atoms with Gasteiger partial charge >= 0.3 is 0 Å². The van der Waals surface area contributed by atoms with E-state index in [9.17, 15) is 4.79 Å². The van der Waals surface area contributed by atoms with Gasteiger partial charge in [-0.3, -0.25) is 9.78 Å². The highest BCUT2D eigenvalue weighted by Crippen LogP contribution is 2.29. The molecule has 0 saturated carbocycles. The van der Waals surface area contributed by atoms with Gasteiger partial charge in [-0.2, -0.15) is 5.10 Å². The monoisotopic (exact) mass is 426 g/mol. The van der Waals surface area contributed by atoms with E-state index in [4.69, 9.17) is 16.3 Å². The molecule has 1 saturated heterocycles. The van der Waals surface area contributed by atoms with Gasteiger partial charge in [-0.1, -0.05) is 25.4 Å². The average molecular weight is 427 g/mol. The average Bonchev–Trinajstić information content (AvgIpc) is 3.20. The maximum atomic E-state index is 12.1. The molecule has 0 N–H and O–H groups in total. The Morgan fingerprint density at radius 3 is 2.73 bits per heavy atom. The molecule has 3 aromatic rings. The first-order valence-corrected chi connectivity index (χ1v) is 10.9. The topological polar surface area (TPSA) is 61.9 Å². The Balaban J connectivity index is 1.54. The van der Waals surface area contributed by atoms with E-state index >= 15 is 0 Å². The van der Waals surface area contributed by atoms with Gasteiger partial charge in [-0.15, -0.1) is 0 Å². The molecule has 4 heterocycles. The lowest BCUT2D eigenvalue weighted by Crippen LogP contribution is -2.21. The molecule has 0 atom stereocenters. The van der Waals surface area contributed by atoms with Crippen molar-refractivity contribution in [1.82, 2.24) is 19.3 Å². The Kier molecular flexibility index (Phi) is 6.35. The van der Waals surface area contributed by atoms with Crippen molar-refractivity contribution >= 4 is 11.6 Å². The Morgan fingerprint density at radius 2 is 2.00 bits per heavy atom. The summed E-state index contributed by atoms with van der Waals surface area (Å²) in [4.78, 5) is 16.7. The van der Waals surface area contributed by atoms with E-state index in [1.54, 1.807) is 27.6 Å². The summed E-state index contributed by atoms with van der Waals surface area (Å²) in [7, 11) is 0. The first kappa shape index (κ1) is 20.8. The summed E-state index contributed by atoms with van der Waals surface area (Å²) >= 11 is 6.59. The van der Waals surface area contributed by atoms with Crippen molar-refractivity contribution in [3.63, 3.8) is 0 Å². The highest BCUT2D eigenvalue weighted by atomic mass is 35.5. The van der Waals surface area contributed by atoms with Crippen LogP contribution in [0.5, 0.6) is 0 Å². The molecule has 0 radical (unpaired) electrons. The summed E-state index contributed by atoms with van der Waals surface area (Å²) in [5.74, 6) is 0.994. The van der Waals surface area contributed by atoms with Crippen LogP contribution in [0, 0.1) is 11.8 Å². The molecule has 1 aliphatic rings. The Hall–Kier alpha value is -2.44. The minimum Gasteiger partial charge on any atom is -0.381 e. The van der Waals surface area contributed by atoms with E-state index in [2.05, 4.69) is 23.9 Å². The van der Waals surface area contributed by atoms with Gasteiger partial charge in [0, 0.05) is 61.2 Å². The second kappa shape index (κ2) is 9.14. The lowest BCUT2D eigenvalue weighted by molar-refractivity contribution is 0.0663. The molecule has 30 heavy (non-hydrogen) atoms. The molecule has 3 aromatic heterocycles. The van der Waals surface area contributed by atoms with Gasteiger partial charge in [-0.05, 0) is 43.2 Å². The largest absolute Gasteiger partial charge is 0.381 e. The van der Waals surface area contributed by atoms with Gasteiger partial charge in [0.25, 0.3) is 5.56 Å². The van der Waals surface area contributed by atoms with E-state index < -0.39 is 0 Å². The number of hydrogen-bond donors (Lipinski definition) is 0. The van der Waals surface area contributed by atoms with Crippen LogP contribution in [0.3, 0.4) is 0 Å². The van der Waals surface area contributed by atoms with Crippen LogP contribution in [0.4, 0.5) is 0 Å². The number of pyridine rings is 2. The van der Waals surface area contributed by atoms with Gasteiger partial charge in [0.15, 0.2) is 0 Å². The van der Waals surface area contributed by atoms with Crippen LogP contribution in [0.15, 0.2) is 47.8 Å². The molecule has 0 unspecified atom stereocenters. The molecule has 0 bridgehead atoms. The molecule has 1 fully saturated rings. The van der Waals surface area contributed by atoms with Crippen LogP contribution in [-0.4, -0.2) is 32.5 Å². The Morgan fingerprint density at radius 1 is 1.20 bits per heavy atom. The van der Waals surface area contributed by atoms with E-state index in [1.807, 2.05) is 24.7 Å². The summed E-state index contributed by atoms with van der Waals surface area (Å²) in [6, 6.07) is 5.33. The number of hydrogen-bond acceptors (Lipinski definition) is 4. The van der Waals surface area contributed by atoms with Crippen LogP contribution < -0.4 is 5.56 Å². The van der Waals surface area contributed by atoms with Crippen LogP contribution in [0.2, 0.25) is 5.02 Å². The van der Waals surface area contributed by atoms with E-state index in [0.29, 0.717) is 23.4 Å². The van der Waals surface area contributed by atoms with Crippen molar-refractivity contribution in [3.05, 3.63) is 64.1 Å². The van der Waals surface area contributed by atoms with Gasteiger partial charge in [0.05, 0.1) is 16.9 Å². The van der Waals surface area contributed by atoms with Crippen molar-refractivity contribution in [3.8, 4) is 16.8 Å². The maximum Gasteiger partial charge on any atom is 0.250 e. The molecule has 1 aliphatic heterocycles. The molecule has 7 heteroatoms. The lowest BCUT2D eigenvalue weighted by Gasteiger charge is -2.21. The highest BCUT2D eigenvalue weighted by molar-refractivity contribution is 6.33. The first-order chi connectivity index (χ1) is 14.5. The zero-order valence-corrected chi connectivity index (χ0v) is 18.2. The van der Waals surface area contributed by atoms with E-state index in [0.717, 1.165) is 55.0 Å². The predicted molar refractivity (Wildman–Crippen MR) is 118 cm³/mol. The summed E-state index contributed by atoms with van der Waals surface area (Å²) in [5, 5.41) is 5.15. The third-order valence-electron chi connectivity index (χ3n) is 5.44. The van der Waals surface area contributed by atoms with Crippen molar-refractivity contribution < 1.29 is 4.74 Å². The third-order valence-corrected chi connectivity index (χ3v) is 5.75. The molecule has 0 aliphatic carbocycles. The smallest absolute Gasteiger partial charge is 0.250 e. The van der Waals surface area contributed by atoms with Crippen molar-refractivity contribution in [2.24, 2.45) is 11.8 Å². The van der Waals surface area contributed by atoms with E-state index in [1.165, 1.54) is 0 Å². The molecular formula is C23H27ClN4O2. The molecule has 6 nitrogen and oxygen atoms in total. The van der Waals surface area contributed by atoms with Gasteiger partial charge < -0.3 is 9.30 Å². The lowest BCUT2D eigenvalue weighted by atomic mass is 9.94. The van der Waals surface area contributed by atoms with Crippen LogP contribution in [-0.2, 0) is 17.7 Å². The number of aromatic nitrogens is 4. The number of ether oxygens (including phenoxy) is 1. The minimum atomic E-state index is -0.00723. The predicted octanol–water partition coefficient (Wildman–Crippen LogP) is 4.37. The van der Waals surface area contributed by atoms with Crippen molar-refractivity contribution in [1.29, 1.82) is 0 Å². The maximum absolute atomic E-state index is 12.1. The van der Waals surface area contributed by atoms with Crippen LogP contribution >= 0.6 is 11.6 Å². The second-order valence-corrected chi connectivity index (χ2v) is 8.77. The standard InChI is InChI=1S/C23H27ClN4O2/c1-16(2)13-27-15-20(3-4-23(27)29)28-14-18(11-26-28)21-12-25-19(10-22(21)24)9-17-5-7-30-8-6-17/h3-4,10-12,14-17H,5-9,13H2,1-2H3. The zero-order valence-electron chi connectivity index (χ0n) is 17.4. The summed E-state index contributed by atoms with van der Waals surface area (Å²) in [6.45, 7) is 6.52. The fourth-order valence-electron chi connectivity index (χ4n) is 3.83. The zero-order chi connectivity index (χ0) is 21.1. The molecular weight excluding hydrogens is 400 g/mol. The van der Waals surface area contributed by atoms with Crippen LogP contribution in [0.25, 0.3) is 16.8 Å². The number of nitrogens with zero attached hydrogens (tertiary/aromatic N) is 4. The molecule has 158 valence electrons. The van der Waals surface area contributed by atoms with Crippen LogP contribution in [0.1, 0.15) is 32.4 Å². The number of rotatable bonds is 6. The quantitative estimate of drug-likeness (QED) is 0.587. The highest BCUT2D eigenvalue weighted by Gasteiger charge is 2.16. The fourth-order valence-corrected chi connectivity index (χ4v) is 4.12. The second-order valence-electron chi connectivity index (χ2n) is 8.36. The Bertz CT molecular complexity index is 1070. The molecule has 0 amide bonds. The Labute approximate surface area is 181 Å². The molecule has 0 aromatic carbocycles. The SMILES string of the molecule is CC(C)Cn1cc(-n2cc(-c3cnc(CC4CCOCC4)cc3Cl)cn2)ccc1=O. The molecule has 4 rings (SSSR count). The normalized spacial score (nSPS) is 15.1. The van der Waals surface area contributed by atoms with Crippen molar-refractivity contribution in [2.75, 3.05) is 13.2 Å². The number of halogens is 1. The van der Waals surface area contributed by atoms with Gasteiger partial charge in [0.2, 0.25) is 0 Å². The first-order valence-electron chi connectivity index (χ1n) is 10.5. The van der Waals surface area contributed by atoms with Crippen molar-refractivity contribution in [2.45, 2.75) is 39.7 Å². The van der Waals surface area contributed by atoms with Gasteiger partial charge in [-0.25, -0.2) is 4.68 Å². The summed E-state index contributed by atoms with van der Waals surface area (Å²) in [5.41, 5.74) is 3.60. The minimum absolute atomic E-state index is 0.00723. The van der Waals surface area contributed by atoms with Gasteiger partial charge in [0.1, 0.15) is 0 Å². The molecule has 0 spiro atoms. The third kappa shape index (κ3) is 4.82.